The number of carbonyl (C=O) groups is 2. The number of hydrogen-bond acceptors (Lipinski definition) is 4. The predicted octanol–water partition coefficient (Wildman–Crippen LogP) is 1.50. The number of benzene rings is 1. The lowest BCUT2D eigenvalue weighted by atomic mass is 10.1. The van der Waals surface area contributed by atoms with Crippen molar-refractivity contribution in [1.82, 2.24) is 0 Å². The van der Waals surface area contributed by atoms with Crippen molar-refractivity contribution in [3.8, 4) is 0 Å². The van der Waals surface area contributed by atoms with E-state index >= 15 is 0 Å². The van der Waals surface area contributed by atoms with Crippen LogP contribution < -0.4 is 0 Å². The van der Waals surface area contributed by atoms with E-state index in [4.69, 9.17) is 9.47 Å². The Morgan fingerprint density at radius 3 is 1.60 bits per heavy atom. The summed E-state index contributed by atoms with van der Waals surface area (Å²) in [6.45, 7) is 0. The zero-order valence-electron chi connectivity index (χ0n) is 7.86. The maximum atomic E-state index is 11.6. The molecule has 0 radical (unpaired) electrons. The topological polar surface area (TPSA) is 52.6 Å². The second kappa shape index (κ2) is 2.59. The molecule has 0 N–H and O–H groups in total. The molecule has 0 atom stereocenters. The van der Waals surface area contributed by atoms with Gasteiger partial charge in [0.25, 0.3) is 5.79 Å². The molecule has 1 aromatic carbocycles. The summed E-state index contributed by atoms with van der Waals surface area (Å²) in [5.41, 5.74) is 0.895. The van der Waals surface area contributed by atoms with Gasteiger partial charge in [0, 0.05) is 12.8 Å². The maximum absolute atomic E-state index is 11.6. The first-order valence-electron chi connectivity index (χ1n) is 4.75. The zero-order valence-corrected chi connectivity index (χ0v) is 7.86. The summed E-state index contributed by atoms with van der Waals surface area (Å²) in [4.78, 5) is 23.2. The number of rotatable bonds is 0. The molecule has 0 saturated heterocycles. The molecule has 1 aliphatic carbocycles. The van der Waals surface area contributed by atoms with E-state index in [0.29, 0.717) is 24.0 Å². The summed E-state index contributed by atoms with van der Waals surface area (Å²) in [6.07, 6.45) is 1.18. The van der Waals surface area contributed by atoms with E-state index in [0.717, 1.165) is 0 Å². The third-order valence-corrected chi connectivity index (χ3v) is 2.57. The number of esters is 2. The molecule has 4 heteroatoms. The number of fused-ring (bicyclic) bond motifs is 4. The van der Waals surface area contributed by atoms with E-state index < -0.39 is 17.7 Å². The first-order chi connectivity index (χ1) is 7.19. The fraction of sp³-hybridized carbons (Fsp3) is 0.273. The molecule has 2 bridgehead atoms. The van der Waals surface area contributed by atoms with Crippen LogP contribution >= 0.6 is 0 Å². The van der Waals surface area contributed by atoms with Crippen molar-refractivity contribution in [3.63, 3.8) is 0 Å². The normalized spacial score (nSPS) is 21.3. The Hall–Kier alpha value is -1.84. The Morgan fingerprint density at radius 1 is 0.867 bits per heavy atom. The molecule has 0 aromatic heterocycles. The zero-order chi connectivity index (χ0) is 10.5. The van der Waals surface area contributed by atoms with Crippen LogP contribution in [0.4, 0.5) is 0 Å². The highest BCUT2D eigenvalue weighted by atomic mass is 16.7. The van der Waals surface area contributed by atoms with E-state index in [1.165, 1.54) is 0 Å². The van der Waals surface area contributed by atoms with Gasteiger partial charge >= 0.3 is 11.9 Å². The number of ether oxygens (including phenoxy) is 2. The van der Waals surface area contributed by atoms with Crippen molar-refractivity contribution in [2.45, 2.75) is 18.6 Å². The summed E-state index contributed by atoms with van der Waals surface area (Å²) in [5.74, 6) is -1.86. The second-order valence-electron chi connectivity index (χ2n) is 3.77. The molecule has 1 spiro atoms. The summed E-state index contributed by atoms with van der Waals surface area (Å²) in [7, 11) is 0. The minimum Gasteiger partial charge on any atom is -0.419 e. The third-order valence-electron chi connectivity index (χ3n) is 2.57. The van der Waals surface area contributed by atoms with Gasteiger partial charge in [-0.1, -0.05) is 0 Å². The Labute approximate surface area is 85.8 Å². The van der Waals surface area contributed by atoms with Crippen molar-refractivity contribution in [1.29, 1.82) is 0 Å². The molecule has 4 rings (SSSR count). The third kappa shape index (κ3) is 1.29. The van der Waals surface area contributed by atoms with E-state index in [1.807, 2.05) is 0 Å². The molecule has 1 fully saturated rings. The Kier molecular flexibility index (Phi) is 1.46. The van der Waals surface area contributed by atoms with Crippen LogP contribution in [0.3, 0.4) is 0 Å². The summed E-state index contributed by atoms with van der Waals surface area (Å²) in [5, 5.41) is 0. The van der Waals surface area contributed by atoms with Crippen molar-refractivity contribution in [2.24, 2.45) is 0 Å². The summed E-state index contributed by atoms with van der Waals surface area (Å²) in [6, 6.07) is 6.28. The van der Waals surface area contributed by atoms with Crippen LogP contribution in [0.15, 0.2) is 24.3 Å². The number of hydrogen-bond donors (Lipinski definition) is 0. The van der Waals surface area contributed by atoms with E-state index in [1.54, 1.807) is 24.3 Å². The van der Waals surface area contributed by atoms with Gasteiger partial charge in [-0.15, -0.1) is 0 Å². The van der Waals surface area contributed by atoms with Crippen LogP contribution in [0.25, 0.3) is 0 Å². The maximum Gasteiger partial charge on any atom is 0.341 e. The van der Waals surface area contributed by atoms with Crippen LogP contribution in [0.5, 0.6) is 0 Å². The van der Waals surface area contributed by atoms with Crippen molar-refractivity contribution in [3.05, 3.63) is 35.4 Å². The quantitative estimate of drug-likeness (QED) is 0.601. The lowest BCUT2D eigenvalue weighted by Gasteiger charge is -2.15. The molecule has 1 aromatic rings. The van der Waals surface area contributed by atoms with Gasteiger partial charge < -0.3 is 9.47 Å². The fourth-order valence-electron chi connectivity index (χ4n) is 1.53. The van der Waals surface area contributed by atoms with Gasteiger partial charge in [0.05, 0.1) is 11.1 Å². The van der Waals surface area contributed by atoms with Crippen LogP contribution in [-0.4, -0.2) is 17.7 Å². The molecule has 1 saturated carbocycles. The minimum atomic E-state index is -0.983. The largest absolute Gasteiger partial charge is 0.419 e. The standard InChI is InChI=1S/C11H8O4/c12-9-7-1-2-8(4-3-7)10(13)15-11(14-9)5-6-11/h1-4H,5-6H2. The Bertz CT molecular complexity index is 403. The first-order valence-corrected chi connectivity index (χ1v) is 4.75. The fourth-order valence-corrected chi connectivity index (χ4v) is 1.53. The highest BCUT2D eigenvalue weighted by molar-refractivity contribution is 5.95. The van der Waals surface area contributed by atoms with Gasteiger partial charge in [0.2, 0.25) is 0 Å². The molecule has 2 aliphatic heterocycles. The molecule has 15 heavy (non-hydrogen) atoms. The molecular formula is C11H8O4. The smallest absolute Gasteiger partial charge is 0.341 e. The number of carbonyl (C=O) groups excluding carboxylic acids is 2. The van der Waals surface area contributed by atoms with Gasteiger partial charge in [0.15, 0.2) is 0 Å². The first kappa shape index (κ1) is 8.47. The van der Waals surface area contributed by atoms with Gasteiger partial charge in [-0.25, -0.2) is 9.59 Å². The van der Waals surface area contributed by atoms with E-state index in [2.05, 4.69) is 0 Å². The van der Waals surface area contributed by atoms with Gasteiger partial charge in [0.1, 0.15) is 0 Å². The van der Waals surface area contributed by atoms with E-state index in [9.17, 15) is 9.59 Å². The van der Waals surface area contributed by atoms with Crippen LogP contribution in [0.2, 0.25) is 0 Å². The molecule has 4 nitrogen and oxygen atoms in total. The molecule has 0 amide bonds. The Morgan fingerprint density at radius 2 is 1.27 bits per heavy atom. The summed E-state index contributed by atoms with van der Waals surface area (Å²) < 4.78 is 10.3. The van der Waals surface area contributed by atoms with Crippen LogP contribution in [0.1, 0.15) is 33.6 Å². The SMILES string of the molecule is O=C1OC2(CC2)OC(=O)c2ccc1cc2. The van der Waals surface area contributed by atoms with Crippen LogP contribution in [0, 0.1) is 0 Å². The molecular weight excluding hydrogens is 196 g/mol. The summed E-state index contributed by atoms with van der Waals surface area (Å²) >= 11 is 0. The second-order valence-corrected chi connectivity index (χ2v) is 3.77. The highest BCUT2D eigenvalue weighted by Crippen LogP contribution is 2.42. The molecule has 2 heterocycles. The van der Waals surface area contributed by atoms with Gasteiger partial charge in [-0.3, -0.25) is 0 Å². The highest BCUT2D eigenvalue weighted by Gasteiger charge is 2.52. The average molecular weight is 204 g/mol. The predicted molar refractivity (Wildman–Crippen MR) is 49.2 cm³/mol. The minimum absolute atomic E-state index is 0.436. The van der Waals surface area contributed by atoms with Crippen LogP contribution in [-0.2, 0) is 9.47 Å². The Balaban J connectivity index is 2.08. The average Bonchev–Trinajstić information content (AvgIpc) is 2.96. The van der Waals surface area contributed by atoms with Crippen molar-refractivity contribution < 1.29 is 19.1 Å². The molecule has 76 valence electrons. The lowest BCUT2D eigenvalue weighted by molar-refractivity contribution is -0.0987. The van der Waals surface area contributed by atoms with Gasteiger partial charge in [-0.05, 0) is 24.3 Å². The molecule has 0 unspecified atom stereocenters. The van der Waals surface area contributed by atoms with Crippen molar-refractivity contribution >= 4 is 11.9 Å². The lowest BCUT2D eigenvalue weighted by Crippen LogP contribution is -2.25. The molecule has 3 aliphatic rings. The van der Waals surface area contributed by atoms with Crippen molar-refractivity contribution in [2.75, 3.05) is 0 Å². The van der Waals surface area contributed by atoms with E-state index in [-0.39, 0.29) is 0 Å². The monoisotopic (exact) mass is 204 g/mol. The van der Waals surface area contributed by atoms with Gasteiger partial charge in [-0.2, -0.15) is 0 Å².